The fourth-order valence-corrected chi connectivity index (χ4v) is 1.29. The van der Waals surface area contributed by atoms with Crippen LogP contribution in [0.4, 0.5) is 5.13 Å². The highest BCUT2D eigenvalue weighted by molar-refractivity contribution is 7.15. The summed E-state index contributed by atoms with van der Waals surface area (Å²) in [6, 6.07) is 0. The molecule has 0 fully saturated rings. The number of rotatable bonds is 1. The van der Waals surface area contributed by atoms with Gasteiger partial charge in [-0.2, -0.15) is 0 Å². The maximum Gasteiger partial charge on any atom is 0.180 e. The summed E-state index contributed by atoms with van der Waals surface area (Å²) in [5.74, 6) is 0. The molecule has 9 heavy (non-hydrogen) atoms. The molecule has 4 heteroatoms. The molecule has 1 heterocycles. The third-order valence-electron chi connectivity index (χ3n) is 1.06. The largest absolute Gasteiger partial charge is 0.390 e. The Kier molecular flexibility index (Phi) is 1.68. The summed E-state index contributed by atoms with van der Waals surface area (Å²) in [6.45, 7) is 1.87. The molecular weight excluding hydrogens is 136 g/mol. The molecule has 1 aromatic rings. The van der Waals surface area contributed by atoms with Crippen LogP contribution in [0.15, 0.2) is 0 Å². The number of aryl methyl sites for hydroxylation is 1. The molecule has 0 aliphatic heterocycles. The Balaban J connectivity index is 3.01. The van der Waals surface area contributed by atoms with Crippen LogP contribution in [0.25, 0.3) is 0 Å². The average molecular weight is 144 g/mol. The van der Waals surface area contributed by atoms with Crippen LogP contribution < -0.4 is 5.73 Å². The Morgan fingerprint density at radius 3 is 2.67 bits per heavy atom. The molecule has 3 N–H and O–H groups in total. The predicted octanol–water partition coefficient (Wildman–Crippen LogP) is 0.526. The van der Waals surface area contributed by atoms with Crippen molar-refractivity contribution >= 4 is 16.5 Å². The van der Waals surface area contributed by atoms with Gasteiger partial charge in [0.2, 0.25) is 0 Å². The number of aliphatic hydroxyl groups is 1. The fourth-order valence-electron chi connectivity index (χ4n) is 0.597. The van der Waals surface area contributed by atoms with Crippen molar-refractivity contribution in [2.75, 3.05) is 5.73 Å². The van der Waals surface area contributed by atoms with Gasteiger partial charge in [-0.15, -0.1) is 11.3 Å². The van der Waals surface area contributed by atoms with Crippen molar-refractivity contribution in [1.29, 1.82) is 0 Å². The van der Waals surface area contributed by atoms with Gasteiger partial charge in [0, 0.05) is 4.88 Å². The zero-order chi connectivity index (χ0) is 6.85. The first kappa shape index (κ1) is 6.51. The highest BCUT2D eigenvalue weighted by atomic mass is 32.1. The molecule has 50 valence electrons. The lowest BCUT2D eigenvalue weighted by Gasteiger charge is -1.85. The SMILES string of the molecule is Cc1sc(N)nc1CO. The summed E-state index contributed by atoms with van der Waals surface area (Å²) in [7, 11) is 0. The topological polar surface area (TPSA) is 59.1 Å². The van der Waals surface area contributed by atoms with Crippen LogP contribution in [-0.4, -0.2) is 10.1 Å². The number of nitrogen functional groups attached to an aromatic ring is 1. The van der Waals surface area contributed by atoms with Gasteiger partial charge in [0.15, 0.2) is 5.13 Å². The molecule has 0 atom stereocenters. The average Bonchev–Trinajstić information content (AvgIpc) is 2.10. The van der Waals surface area contributed by atoms with Crippen LogP contribution in [0.3, 0.4) is 0 Å². The highest BCUT2D eigenvalue weighted by Crippen LogP contribution is 2.18. The predicted molar refractivity (Wildman–Crippen MR) is 37.2 cm³/mol. The number of anilines is 1. The van der Waals surface area contributed by atoms with E-state index < -0.39 is 0 Å². The number of thiazole rings is 1. The van der Waals surface area contributed by atoms with Crippen LogP contribution in [0.1, 0.15) is 10.6 Å². The summed E-state index contributed by atoms with van der Waals surface area (Å²) in [5, 5.41) is 9.14. The summed E-state index contributed by atoms with van der Waals surface area (Å²) in [4.78, 5) is 4.87. The maximum atomic E-state index is 8.62. The first-order chi connectivity index (χ1) is 4.24. The van der Waals surface area contributed by atoms with Gasteiger partial charge in [0.25, 0.3) is 0 Å². The second kappa shape index (κ2) is 2.33. The Morgan fingerprint density at radius 1 is 1.78 bits per heavy atom. The van der Waals surface area contributed by atoms with Gasteiger partial charge in [0.1, 0.15) is 0 Å². The monoisotopic (exact) mass is 144 g/mol. The van der Waals surface area contributed by atoms with Gasteiger partial charge in [-0.05, 0) is 6.92 Å². The number of hydrogen-bond acceptors (Lipinski definition) is 4. The minimum absolute atomic E-state index is 0.0144. The lowest BCUT2D eigenvalue weighted by molar-refractivity contribution is 0.277. The summed E-state index contributed by atoms with van der Waals surface area (Å²) in [5.41, 5.74) is 6.04. The summed E-state index contributed by atoms with van der Waals surface area (Å²) >= 11 is 1.40. The van der Waals surface area contributed by atoms with E-state index in [-0.39, 0.29) is 6.61 Å². The van der Waals surface area contributed by atoms with E-state index in [0.717, 1.165) is 4.88 Å². The van der Waals surface area contributed by atoms with E-state index in [1.165, 1.54) is 11.3 Å². The Morgan fingerprint density at radius 2 is 2.44 bits per heavy atom. The molecule has 0 saturated heterocycles. The molecule has 0 aliphatic carbocycles. The minimum atomic E-state index is -0.0144. The van der Waals surface area contributed by atoms with E-state index in [4.69, 9.17) is 10.8 Å². The van der Waals surface area contributed by atoms with Crippen molar-refractivity contribution < 1.29 is 5.11 Å². The lowest BCUT2D eigenvalue weighted by atomic mass is 10.4. The summed E-state index contributed by atoms with van der Waals surface area (Å²) in [6.07, 6.45) is 0. The standard InChI is InChI=1S/C5H8N2OS/c1-3-4(2-8)7-5(6)9-3/h8H,2H2,1H3,(H2,6,7). The van der Waals surface area contributed by atoms with Crippen molar-refractivity contribution in [3.63, 3.8) is 0 Å². The molecular formula is C5H8N2OS. The van der Waals surface area contributed by atoms with Gasteiger partial charge >= 0.3 is 0 Å². The molecule has 0 unspecified atom stereocenters. The third kappa shape index (κ3) is 1.20. The van der Waals surface area contributed by atoms with Gasteiger partial charge in [-0.1, -0.05) is 0 Å². The molecule has 3 nitrogen and oxygen atoms in total. The fraction of sp³-hybridized carbons (Fsp3) is 0.400. The Labute approximate surface area is 57.2 Å². The molecule has 1 aromatic heterocycles. The van der Waals surface area contributed by atoms with E-state index in [1.807, 2.05) is 6.92 Å². The smallest absolute Gasteiger partial charge is 0.180 e. The van der Waals surface area contributed by atoms with Gasteiger partial charge in [-0.25, -0.2) is 4.98 Å². The van der Waals surface area contributed by atoms with E-state index in [1.54, 1.807) is 0 Å². The molecule has 0 aliphatic rings. The molecule has 0 spiro atoms. The molecule has 1 rings (SSSR count). The first-order valence-electron chi connectivity index (χ1n) is 2.56. The Bertz CT molecular complexity index is 209. The normalized spacial score (nSPS) is 10.0. The quantitative estimate of drug-likeness (QED) is 0.604. The maximum absolute atomic E-state index is 8.62. The highest BCUT2D eigenvalue weighted by Gasteiger charge is 2.01. The van der Waals surface area contributed by atoms with Crippen molar-refractivity contribution in [3.05, 3.63) is 10.6 Å². The van der Waals surface area contributed by atoms with Gasteiger partial charge in [-0.3, -0.25) is 0 Å². The number of nitrogens with two attached hydrogens (primary N) is 1. The first-order valence-corrected chi connectivity index (χ1v) is 3.38. The second-order valence-electron chi connectivity index (χ2n) is 1.71. The van der Waals surface area contributed by atoms with Crippen molar-refractivity contribution in [1.82, 2.24) is 4.98 Å². The van der Waals surface area contributed by atoms with Crippen molar-refractivity contribution in [2.24, 2.45) is 0 Å². The van der Waals surface area contributed by atoms with E-state index in [2.05, 4.69) is 4.98 Å². The third-order valence-corrected chi connectivity index (χ3v) is 1.90. The molecule has 0 amide bonds. The van der Waals surface area contributed by atoms with Crippen LogP contribution in [0.5, 0.6) is 0 Å². The minimum Gasteiger partial charge on any atom is -0.390 e. The van der Waals surface area contributed by atoms with Crippen molar-refractivity contribution in [3.8, 4) is 0 Å². The zero-order valence-corrected chi connectivity index (χ0v) is 5.90. The molecule has 0 radical (unpaired) electrons. The molecule has 0 aromatic carbocycles. The molecule has 0 saturated carbocycles. The van der Waals surface area contributed by atoms with E-state index in [0.29, 0.717) is 10.8 Å². The summed E-state index contributed by atoms with van der Waals surface area (Å²) < 4.78 is 0. The lowest BCUT2D eigenvalue weighted by Crippen LogP contribution is -1.86. The number of hydrogen-bond donors (Lipinski definition) is 2. The van der Waals surface area contributed by atoms with Crippen LogP contribution in [0.2, 0.25) is 0 Å². The number of nitrogens with zero attached hydrogens (tertiary/aromatic N) is 1. The second-order valence-corrected chi connectivity index (χ2v) is 2.95. The van der Waals surface area contributed by atoms with Crippen LogP contribution >= 0.6 is 11.3 Å². The Hall–Kier alpha value is -0.610. The van der Waals surface area contributed by atoms with Gasteiger partial charge < -0.3 is 10.8 Å². The number of aromatic nitrogens is 1. The number of aliphatic hydroxyl groups excluding tert-OH is 1. The van der Waals surface area contributed by atoms with E-state index in [9.17, 15) is 0 Å². The zero-order valence-electron chi connectivity index (χ0n) is 5.09. The molecule has 0 bridgehead atoms. The van der Waals surface area contributed by atoms with Crippen LogP contribution in [-0.2, 0) is 6.61 Å². The van der Waals surface area contributed by atoms with Crippen LogP contribution in [0, 0.1) is 6.92 Å². The van der Waals surface area contributed by atoms with E-state index >= 15 is 0 Å². The van der Waals surface area contributed by atoms with Gasteiger partial charge in [0.05, 0.1) is 12.3 Å². The van der Waals surface area contributed by atoms with Crippen molar-refractivity contribution in [2.45, 2.75) is 13.5 Å².